The van der Waals surface area contributed by atoms with Crippen LogP contribution in [0.5, 0.6) is 0 Å². The van der Waals surface area contributed by atoms with Crippen LogP contribution in [-0.2, 0) is 0 Å². The Morgan fingerprint density at radius 2 is 1.97 bits per heavy atom. The van der Waals surface area contributed by atoms with Crippen molar-refractivity contribution in [3.05, 3.63) is 59.9 Å². The van der Waals surface area contributed by atoms with E-state index < -0.39 is 0 Å². The summed E-state index contributed by atoms with van der Waals surface area (Å²) in [6.07, 6.45) is 5.21. The maximum atomic E-state index is 14.0. The van der Waals surface area contributed by atoms with Gasteiger partial charge in [0.05, 0.1) is 28.7 Å². The molecule has 1 saturated carbocycles. The van der Waals surface area contributed by atoms with E-state index >= 15 is 0 Å². The molecule has 3 aromatic heterocycles. The summed E-state index contributed by atoms with van der Waals surface area (Å²) >= 11 is 1.49. The Kier molecular flexibility index (Phi) is 5.05. The highest BCUT2D eigenvalue weighted by Crippen LogP contribution is 2.47. The summed E-state index contributed by atoms with van der Waals surface area (Å²) in [5.41, 5.74) is 2.36. The van der Waals surface area contributed by atoms with E-state index in [4.69, 9.17) is 0 Å². The number of pyridine rings is 1. The van der Waals surface area contributed by atoms with Crippen molar-refractivity contribution in [3.63, 3.8) is 0 Å². The van der Waals surface area contributed by atoms with Gasteiger partial charge in [-0.15, -0.1) is 4.80 Å². The molecule has 1 aromatic carbocycles. The smallest absolute Gasteiger partial charge is 0.275 e. The van der Waals surface area contributed by atoms with Gasteiger partial charge in [0.25, 0.3) is 5.91 Å². The number of piperidine rings is 2. The molecule has 0 radical (unpaired) electrons. The van der Waals surface area contributed by atoms with Gasteiger partial charge in [-0.3, -0.25) is 4.79 Å². The van der Waals surface area contributed by atoms with Crippen LogP contribution < -0.4 is 5.32 Å². The van der Waals surface area contributed by atoms with E-state index in [0.717, 1.165) is 28.4 Å². The second-order valence-electron chi connectivity index (χ2n) is 9.18. The van der Waals surface area contributed by atoms with Crippen molar-refractivity contribution in [1.82, 2.24) is 29.9 Å². The summed E-state index contributed by atoms with van der Waals surface area (Å²) in [5, 5.41) is 12.6. The molecule has 1 aliphatic carbocycles. The minimum absolute atomic E-state index is 0.00510. The number of benzene rings is 1. The molecule has 10 heteroatoms. The third kappa shape index (κ3) is 3.53. The van der Waals surface area contributed by atoms with Crippen LogP contribution in [0.3, 0.4) is 0 Å². The minimum Gasteiger partial charge on any atom is -0.359 e. The molecule has 8 nitrogen and oxygen atoms in total. The molecule has 34 heavy (non-hydrogen) atoms. The van der Waals surface area contributed by atoms with E-state index in [1.54, 1.807) is 18.5 Å². The van der Waals surface area contributed by atoms with E-state index in [1.807, 2.05) is 24.0 Å². The lowest BCUT2D eigenvalue weighted by Gasteiger charge is -2.57. The maximum Gasteiger partial charge on any atom is 0.275 e. The van der Waals surface area contributed by atoms with Crippen molar-refractivity contribution in [3.8, 4) is 5.69 Å². The number of halogens is 1. The first-order chi connectivity index (χ1) is 16.5. The Hall–Kier alpha value is -3.40. The molecule has 2 saturated heterocycles. The van der Waals surface area contributed by atoms with Gasteiger partial charge in [0.2, 0.25) is 0 Å². The average molecular weight is 478 g/mol. The molecule has 3 aliphatic rings. The third-order valence-electron chi connectivity index (χ3n) is 7.15. The lowest BCUT2D eigenvalue weighted by molar-refractivity contribution is -0.0505. The van der Waals surface area contributed by atoms with Crippen LogP contribution in [0.2, 0.25) is 0 Å². The van der Waals surface area contributed by atoms with Gasteiger partial charge < -0.3 is 10.2 Å². The fourth-order valence-electron chi connectivity index (χ4n) is 5.22. The van der Waals surface area contributed by atoms with E-state index in [-0.39, 0.29) is 23.8 Å². The summed E-state index contributed by atoms with van der Waals surface area (Å²) in [5.74, 6) is 0.562. The van der Waals surface area contributed by atoms with Crippen molar-refractivity contribution in [2.75, 3.05) is 11.9 Å². The number of rotatable bonds is 5. The fourth-order valence-corrected chi connectivity index (χ4v) is 6.08. The molecule has 0 spiro atoms. The van der Waals surface area contributed by atoms with Crippen LogP contribution in [-0.4, -0.2) is 54.4 Å². The predicted molar refractivity (Wildman–Crippen MR) is 128 cm³/mol. The second-order valence-corrected chi connectivity index (χ2v) is 10.2. The normalized spacial score (nSPS) is 23.7. The van der Waals surface area contributed by atoms with Gasteiger partial charge in [0, 0.05) is 24.3 Å². The van der Waals surface area contributed by atoms with E-state index in [9.17, 15) is 9.18 Å². The number of hydrogen-bond donors (Lipinski definition) is 1. The number of thiazole rings is 1. The summed E-state index contributed by atoms with van der Waals surface area (Å²) in [6, 6.07) is 8.54. The molecular weight excluding hydrogens is 453 g/mol. The SMILES string of the molecule is Cc1ccc(-n2nccn2)c(C(=O)N2C3CC(C3)C(C)C2CNc2nc3cc(F)ccc3s2)n1. The highest BCUT2D eigenvalue weighted by molar-refractivity contribution is 7.22. The van der Waals surface area contributed by atoms with Crippen LogP contribution in [0.25, 0.3) is 15.9 Å². The van der Waals surface area contributed by atoms with Crippen molar-refractivity contribution in [2.45, 2.75) is 38.8 Å². The van der Waals surface area contributed by atoms with Crippen LogP contribution >= 0.6 is 11.3 Å². The van der Waals surface area contributed by atoms with Gasteiger partial charge in [0.15, 0.2) is 10.8 Å². The molecule has 3 fully saturated rings. The van der Waals surface area contributed by atoms with Crippen molar-refractivity contribution in [2.24, 2.45) is 11.8 Å². The highest BCUT2D eigenvalue weighted by Gasteiger charge is 2.51. The van der Waals surface area contributed by atoms with Crippen molar-refractivity contribution in [1.29, 1.82) is 0 Å². The average Bonchev–Trinajstić information content (AvgIpc) is 3.46. The van der Waals surface area contributed by atoms with Crippen LogP contribution in [0, 0.1) is 24.6 Å². The van der Waals surface area contributed by atoms with Crippen molar-refractivity contribution < 1.29 is 9.18 Å². The van der Waals surface area contributed by atoms with Gasteiger partial charge in [0.1, 0.15) is 11.5 Å². The highest BCUT2D eigenvalue weighted by atomic mass is 32.1. The Labute approximate surface area is 199 Å². The van der Waals surface area contributed by atoms with E-state index in [1.165, 1.54) is 28.3 Å². The molecule has 4 aromatic rings. The number of aryl methyl sites for hydroxylation is 1. The monoisotopic (exact) mass is 477 g/mol. The fraction of sp³-hybridized carbons (Fsp3) is 0.375. The Morgan fingerprint density at radius 3 is 2.76 bits per heavy atom. The Bertz CT molecular complexity index is 1370. The number of amides is 1. The van der Waals surface area contributed by atoms with Gasteiger partial charge in [-0.25, -0.2) is 14.4 Å². The number of nitrogens with zero attached hydrogens (tertiary/aromatic N) is 6. The molecule has 1 N–H and O–H groups in total. The first kappa shape index (κ1) is 21.2. The summed E-state index contributed by atoms with van der Waals surface area (Å²) < 4.78 is 14.5. The summed E-state index contributed by atoms with van der Waals surface area (Å²) in [7, 11) is 0. The van der Waals surface area contributed by atoms with Gasteiger partial charge in [-0.05, 0) is 55.9 Å². The largest absolute Gasteiger partial charge is 0.359 e. The predicted octanol–water partition coefficient (Wildman–Crippen LogP) is 4.07. The molecule has 2 aliphatic heterocycles. The van der Waals surface area contributed by atoms with E-state index in [0.29, 0.717) is 35.3 Å². The van der Waals surface area contributed by atoms with Crippen LogP contribution in [0.15, 0.2) is 42.7 Å². The quantitative estimate of drug-likeness (QED) is 0.466. The number of carbonyl (C=O) groups excluding carboxylic acids is 1. The molecule has 5 heterocycles. The lowest BCUT2D eigenvalue weighted by Crippen LogP contribution is -2.64. The first-order valence-electron chi connectivity index (χ1n) is 11.4. The van der Waals surface area contributed by atoms with E-state index in [2.05, 4.69) is 32.4 Å². The Balaban J connectivity index is 1.30. The standard InChI is InChI=1S/C24H24FN7OS/c1-13-3-5-19(32-27-7-8-28-32)22(29-13)23(33)31-17-9-15(10-17)14(2)20(31)12-26-24-30-18-11-16(25)4-6-21(18)34-24/h3-8,11,14-15,17,20H,9-10,12H2,1-2H3,(H,26,30). The summed E-state index contributed by atoms with van der Waals surface area (Å²) in [6.45, 7) is 4.67. The molecule has 2 bridgehead atoms. The summed E-state index contributed by atoms with van der Waals surface area (Å²) in [4.78, 5) is 26.6. The van der Waals surface area contributed by atoms with Crippen LogP contribution in [0.4, 0.5) is 9.52 Å². The zero-order valence-corrected chi connectivity index (χ0v) is 19.7. The van der Waals surface area contributed by atoms with Gasteiger partial charge in [-0.1, -0.05) is 18.3 Å². The van der Waals surface area contributed by atoms with Crippen LogP contribution in [0.1, 0.15) is 35.9 Å². The zero-order valence-electron chi connectivity index (χ0n) is 18.8. The molecule has 174 valence electrons. The number of hydrogen-bond acceptors (Lipinski definition) is 7. The lowest BCUT2D eigenvalue weighted by atomic mass is 9.64. The zero-order chi connectivity index (χ0) is 23.4. The molecule has 2 atom stereocenters. The number of anilines is 1. The molecular formula is C24H24FN7OS. The topological polar surface area (TPSA) is 88.8 Å². The Morgan fingerprint density at radius 1 is 1.18 bits per heavy atom. The number of fused-ring (bicyclic) bond motifs is 3. The van der Waals surface area contributed by atoms with Gasteiger partial charge >= 0.3 is 0 Å². The third-order valence-corrected chi connectivity index (χ3v) is 8.14. The van der Waals surface area contributed by atoms with Gasteiger partial charge in [-0.2, -0.15) is 10.2 Å². The number of nitrogens with one attached hydrogen (secondary N) is 1. The first-order valence-corrected chi connectivity index (χ1v) is 12.3. The number of aromatic nitrogens is 5. The minimum atomic E-state index is -0.296. The van der Waals surface area contributed by atoms with Crippen molar-refractivity contribution >= 4 is 32.6 Å². The molecule has 7 rings (SSSR count). The number of carbonyl (C=O) groups is 1. The second kappa shape index (κ2) is 8.12. The molecule has 2 unspecified atom stereocenters. The maximum absolute atomic E-state index is 14.0. The molecule has 1 amide bonds.